The largest absolute Gasteiger partial charge is 0.404 e. The number of aryl methyl sites for hydroxylation is 1. The molecule has 0 radical (unpaired) electrons. The van der Waals surface area contributed by atoms with Crippen LogP contribution >= 0.6 is 34.4 Å². The highest BCUT2D eigenvalue weighted by atomic mass is 127. The maximum Gasteiger partial charge on any atom is 0.404 e. The molecule has 0 aromatic heterocycles. The predicted octanol–water partition coefficient (Wildman–Crippen LogP) is 6.93. The van der Waals surface area contributed by atoms with Crippen molar-refractivity contribution < 1.29 is 35.9 Å². The van der Waals surface area contributed by atoms with Crippen LogP contribution < -0.4 is 10.6 Å². The quantitative estimate of drug-likeness (QED) is 0.257. The average molecular weight is 632 g/mol. The van der Waals surface area contributed by atoms with Gasteiger partial charge in [-0.3, -0.25) is 9.59 Å². The lowest BCUT2D eigenvalue weighted by atomic mass is 9.95. The van der Waals surface area contributed by atoms with Gasteiger partial charge in [-0.15, -0.1) is 0 Å². The number of anilines is 1. The van der Waals surface area contributed by atoms with Crippen LogP contribution in [0.4, 0.5) is 32.0 Å². The van der Waals surface area contributed by atoms with Crippen molar-refractivity contribution in [2.24, 2.45) is 0 Å². The molecule has 0 unspecified atom stereocenters. The molecule has 0 saturated heterocycles. The molecule has 0 saturated carbocycles. The number of hydrogen-bond acceptors (Lipinski definition) is 3. The lowest BCUT2D eigenvalue weighted by Crippen LogP contribution is -2.46. The van der Waals surface area contributed by atoms with Crippen molar-refractivity contribution in [2.75, 3.05) is 17.3 Å². The number of alkyl halides is 6. The van der Waals surface area contributed by atoms with Gasteiger partial charge in [0.1, 0.15) is 0 Å². The fourth-order valence-corrected chi connectivity index (χ4v) is 5.01. The van der Waals surface area contributed by atoms with E-state index in [1.54, 1.807) is 12.1 Å². The van der Waals surface area contributed by atoms with Crippen molar-refractivity contribution in [1.82, 2.24) is 5.32 Å². The van der Waals surface area contributed by atoms with E-state index in [0.29, 0.717) is 15.4 Å². The van der Waals surface area contributed by atoms with E-state index in [4.69, 9.17) is 0 Å². The first kappa shape index (κ1) is 29.3. The molecule has 2 aromatic carbocycles. The van der Waals surface area contributed by atoms with Gasteiger partial charge in [0.05, 0.1) is 11.1 Å². The first-order valence-corrected chi connectivity index (χ1v) is 12.6. The average Bonchev–Trinajstić information content (AvgIpc) is 2.66. The molecule has 0 aliphatic rings. The first-order chi connectivity index (χ1) is 16.0. The Labute approximate surface area is 216 Å². The molecule has 2 N–H and O–H groups in total. The van der Waals surface area contributed by atoms with Crippen LogP contribution in [0.25, 0.3) is 0 Å². The molecule has 192 valence electrons. The molecular formula is C23H23F6IN2O2S. The number of carbonyl (C=O) groups excluding carboxylic acids is 2. The van der Waals surface area contributed by atoms with Crippen molar-refractivity contribution in [3.05, 3.63) is 62.2 Å². The standard InChI is InChI=1S/C23H23F6IN2O2S/c1-12-10-13(18(22(24,25)26)23(27,28)29)8-9-16(12)31-19(33)14-6-5-7-15(30)17(14)20(34)32-21(2,3)11-35-4/h5-10,18H,11H2,1-4H3,(H,31,33)(H,32,34). The van der Waals surface area contributed by atoms with E-state index in [9.17, 15) is 35.9 Å². The molecule has 0 aliphatic carbocycles. The van der Waals surface area contributed by atoms with Crippen LogP contribution in [0.1, 0.15) is 51.6 Å². The second-order valence-electron chi connectivity index (χ2n) is 8.48. The molecule has 0 bridgehead atoms. The van der Waals surface area contributed by atoms with Gasteiger partial charge in [0.2, 0.25) is 0 Å². The SMILES string of the molecule is CSCC(C)(C)NC(=O)c1c(I)cccc1C(=O)Nc1ccc(C(C(F)(F)F)C(F)(F)F)cc1C. The molecular weight excluding hydrogens is 609 g/mol. The summed E-state index contributed by atoms with van der Waals surface area (Å²) in [7, 11) is 0. The van der Waals surface area contributed by atoms with E-state index in [1.165, 1.54) is 24.8 Å². The second kappa shape index (κ2) is 11.0. The van der Waals surface area contributed by atoms with E-state index in [2.05, 4.69) is 10.6 Å². The van der Waals surface area contributed by atoms with Crippen molar-refractivity contribution in [3.8, 4) is 0 Å². The maximum atomic E-state index is 13.1. The Morgan fingerprint density at radius 1 is 1.00 bits per heavy atom. The summed E-state index contributed by atoms with van der Waals surface area (Å²) in [5.41, 5.74) is -1.39. The summed E-state index contributed by atoms with van der Waals surface area (Å²) >= 11 is 3.45. The summed E-state index contributed by atoms with van der Waals surface area (Å²) in [5, 5.41) is 5.37. The summed E-state index contributed by atoms with van der Waals surface area (Å²) in [4.78, 5) is 26.0. The fraction of sp³-hybridized carbons (Fsp3) is 0.391. The Kier molecular flexibility index (Phi) is 9.18. The number of thioether (sulfide) groups is 1. The molecule has 35 heavy (non-hydrogen) atoms. The number of carbonyl (C=O) groups is 2. The second-order valence-corrected chi connectivity index (χ2v) is 10.5. The monoisotopic (exact) mass is 632 g/mol. The molecule has 2 amide bonds. The Balaban J connectivity index is 2.38. The van der Waals surface area contributed by atoms with Gasteiger partial charge in [-0.05, 0) is 78.9 Å². The predicted molar refractivity (Wildman–Crippen MR) is 133 cm³/mol. The van der Waals surface area contributed by atoms with Gasteiger partial charge in [0, 0.05) is 20.5 Å². The Morgan fingerprint density at radius 2 is 1.60 bits per heavy atom. The minimum Gasteiger partial charge on any atom is -0.346 e. The number of nitrogens with one attached hydrogen (secondary N) is 2. The molecule has 12 heteroatoms. The Morgan fingerprint density at radius 3 is 2.11 bits per heavy atom. The zero-order valence-corrected chi connectivity index (χ0v) is 22.1. The van der Waals surface area contributed by atoms with Gasteiger partial charge in [-0.2, -0.15) is 38.1 Å². The smallest absolute Gasteiger partial charge is 0.346 e. The van der Waals surface area contributed by atoms with Crippen LogP contribution in [0.2, 0.25) is 0 Å². The Hall–Kier alpha value is -1.96. The van der Waals surface area contributed by atoms with Crippen LogP contribution in [0.5, 0.6) is 0 Å². The summed E-state index contributed by atoms with van der Waals surface area (Å²) in [6.45, 7) is 4.95. The zero-order valence-electron chi connectivity index (χ0n) is 19.1. The molecule has 0 heterocycles. The normalized spacial score (nSPS) is 12.6. The van der Waals surface area contributed by atoms with E-state index in [1.807, 2.05) is 42.7 Å². The Bertz CT molecular complexity index is 1090. The lowest BCUT2D eigenvalue weighted by Gasteiger charge is -2.26. The molecule has 0 fully saturated rings. The van der Waals surface area contributed by atoms with Crippen molar-refractivity contribution in [2.45, 2.75) is 44.6 Å². The van der Waals surface area contributed by atoms with E-state index in [0.717, 1.165) is 12.1 Å². The van der Waals surface area contributed by atoms with Crippen molar-refractivity contribution >= 4 is 51.9 Å². The number of amides is 2. The van der Waals surface area contributed by atoms with Crippen LogP contribution in [0.3, 0.4) is 0 Å². The highest BCUT2D eigenvalue weighted by Crippen LogP contribution is 2.46. The van der Waals surface area contributed by atoms with E-state index >= 15 is 0 Å². The van der Waals surface area contributed by atoms with Crippen LogP contribution in [-0.2, 0) is 0 Å². The van der Waals surface area contributed by atoms with Crippen LogP contribution in [-0.4, -0.2) is 41.7 Å². The molecule has 2 rings (SSSR count). The van der Waals surface area contributed by atoms with Crippen LogP contribution in [0.15, 0.2) is 36.4 Å². The van der Waals surface area contributed by atoms with E-state index < -0.39 is 41.2 Å². The third-order valence-corrected chi connectivity index (χ3v) is 6.84. The van der Waals surface area contributed by atoms with E-state index in [-0.39, 0.29) is 22.4 Å². The number of benzene rings is 2. The van der Waals surface area contributed by atoms with Crippen LogP contribution in [0, 0.1) is 10.5 Å². The zero-order chi connectivity index (χ0) is 26.8. The van der Waals surface area contributed by atoms with Gasteiger partial charge in [-0.25, -0.2) is 0 Å². The molecule has 0 aliphatic heterocycles. The summed E-state index contributed by atoms with van der Waals surface area (Å²) < 4.78 is 78.9. The molecule has 0 atom stereocenters. The fourth-order valence-electron chi connectivity index (χ4n) is 3.47. The number of hydrogen-bond donors (Lipinski definition) is 2. The summed E-state index contributed by atoms with van der Waals surface area (Å²) in [6, 6.07) is 7.04. The third kappa shape index (κ3) is 7.51. The van der Waals surface area contributed by atoms with Gasteiger partial charge < -0.3 is 10.6 Å². The van der Waals surface area contributed by atoms with Crippen molar-refractivity contribution in [1.29, 1.82) is 0 Å². The molecule has 0 spiro atoms. The highest BCUT2D eigenvalue weighted by molar-refractivity contribution is 14.1. The van der Waals surface area contributed by atoms with Gasteiger partial charge in [-0.1, -0.05) is 18.2 Å². The highest BCUT2D eigenvalue weighted by Gasteiger charge is 2.57. The minimum atomic E-state index is -5.53. The van der Waals surface area contributed by atoms with Gasteiger partial charge in [0.15, 0.2) is 5.92 Å². The minimum absolute atomic E-state index is 0.00656. The topological polar surface area (TPSA) is 58.2 Å². The summed E-state index contributed by atoms with van der Waals surface area (Å²) in [6.07, 6.45) is -9.16. The number of halogens is 7. The maximum absolute atomic E-state index is 13.1. The third-order valence-electron chi connectivity index (χ3n) is 4.93. The summed E-state index contributed by atoms with van der Waals surface area (Å²) in [5.74, 6) is -4.24. The van der Waals surface area contributed by atoms with Gasteiger partial charge in [0.25, 0.3) is 11.8 Å². The lowest BCUT2D eigenvalue weighted by molar-refractivity contribution is -0.253. The molecule has 2 aromatic rings. The molecule has 4 nitrogen and oxygen atoms in total. The van der Waals surface area contributed by atoms with Crippen molar-refractivity contribution in [3.63, 3.8) is 0 Å². The first-order valence-electron chi connectivity index (χ1n) is 10.1. The number of rotatable bonds is 7. The van der Waals surface area contributed by atoms with Gasteiger partial charge >= 0.3 is 12.4 Å².